The maximum absolute atomic E-state index is 13.6. The van der Waals surface area contributed by atoms with E-state index in [1.54, 1.807) is 24.5 Å². The lowest BCUT2D eigenvalue weighted by atomic mass is 10.1. The molecule has 1 fully saturated rings. The van der Waals surface area contributed by atoms with Crippen molar-refractivity contribution < 1.29 is 18.0 Å². The van der Waals surface area contributed by atoms with Crippen molar-refractivity contribution >= 4 is 22.9 Å². The average molecular weight is 521 g/mol. The van der Waals surface area contributed by atoms with Gasteiger partial charge in [-0.3, -0.25) is 19.1 Å². The monoisotopic (exact) mass is 520 g/mol. The highest BCUT2D eigenvalue weighted by atomic mass is 19.4. The van der Waals surface area contributed by atoms with Crippen molar-refractivity contribution in [1.29, 1.82) is 0 Å². The van der Waals surface area contributed by atoms with Crippen molar-refractivity contribution in [3.63, 3.8) is 0 Å². The van der Waals surface area contributed by atoms with Crippen molar-refractivity contribution in [1.82, 2.24) is 19.3 Å². The molecule has 1 N–H and O–H groups in total. The number of nitrogens with one attached hydrogen (secondary N) is 1. The first-order valence-electron chi connectivity index (χ1n) is 12.7. The molecule has 2 aromatic heterocycles. The third-order valence-corrected chi connectivity index (χ3v) is 7.27. The van der Waals surface area contributed by atoms with Gasteiger partial charge in [-0.05, 0) is 73.8 Å². The molecular weight excluding hydrogens is 493 g/mol. The van der Waals surface area contributed by atoms with Gasteiger partial charge in [0.05, 0.1) is 30.2 Å². The smallest absolute Gasteiger partial charge is 0.365 e. The molecule has 7 nitrogen and oxygen atoms in total. The number of benzene rings is 2. The van der Waals surface area contributed by atoms with Gasteiger partial charge in [0.25, 0.3) is 5.91 Å². The molecular formula is C28H27F3N6O. The van der Waals surface area contributed by atoms with Crippen molar-refractivity contribution in [2.75, 3.05) is 29.9 Å². The fraction of sp³-hybridized carbons (Fsp3) is 0.321. The van der Waals surface area contributed by atoms with E-state index in [2.05, 4.69) is 25.1 Å². The Morgan fingerprint density at radius 1 is 1.00 bits per heavy atom. The van der Waals surface area contributed by atoms with Crippen LogP contribution in [0, 0.1) is 0 Å². The molecule has 0 unspecified atom stereocenters. The lowest BCUT2D eigenvalue weighted by Gasteiger charge is -2.20. The third-order valence-electron chi connectivity index (χ3n) is 7.27. The molecule has 2 aromatic carbocycles. The van der Waals surface area contributed by atoms with Gasteiger partial charge in [-0.25, -0.2) is 4.98 Å². The maximum Gasteiger partial charge on any atom is 0.416 e. The van der Waals surface area contributed by atoms with Crippen molar-refractivity contribution in [3.05, 3.63) is 89.1 Å². The van der Waals surface area contributed by atoms with E-state index in [0.29, 0.717) is 24.2 Å². The van der Waals surface area contributed by atoms with E-state index >= 15 is 0 Å². The number of aromatic nitrogens is 3. The number of alkyl halides is 3. The molecule has 2 aliphatic heterocycles. The summed E-state index contributed by atoms with van der Waals surface area (Å²) >= 11 is 0. The molecule has 196 valence electrons. The summed E-state index contributed by atoms with van der Waals surface area (Å²) in [6.45, 7) is 3.58. The summed E-state index contributed by atoms with van der Waals surface area (Å²) in [6, 6.07) is 9.30. The highest BCUT2D eigenvalue weighted by Gasteiger charge is 2.32. The quantitative estimate of drug-likeness (QED) is 0.381. The van der Waals surface area contributed by atoms with Gasteiger partial charge in [0.1, 0.15) is 0 Å². The molecule has 10 heteroatoms. The Labute approximate surface area is 217 Å². The summed E-state index contributed by atoms with van der Waals surface area (Å²) in [5.74, 6) is -0.438. The van der Waals surface area contributed by atoms with E-state index in [-0.39, 0.29) is 5.69 Å². The molecule has 2 aliphatic rings. The number of hydrogen-bond acceptors (Lipinski definition) is 5. The number of carbonyl (C=O) groups is 1. The zero-order chi connectivity index (χ0) is 26.3. The molecule has 0 saturated carbocycles. The lowest BCUT2D eigenvalue weighted by Crippen LogP contribution is -2.21. The first-order chi connectivity index (χ1) is 18.3. The Kier molecular flexibility index (Phi) is 6.27. The number of anilines is 2. The van der Waals surface area contributed by atoms with Crippen LogP contribution >= 0.6 is 0 Å². The van der Waals surface area contributed by atoms with E-state index in [9.17, 15) is 18.0 Å². The highest BCUT2D eigenvalue weighted by Crippen LogP contribution is 2.34. The van der Waals surface area contributed by atoms with Crippen molar-refractivity contribution in [2.24, 2.45) is 0 Å². The molecule has 0 radical (unpaired) electrons. The molecule has 1 saturated heterocycles. The predicted octanol–water partition coefficient (Wildman–Crippen LogP) is 5.16. The minimum absolute atomic E-state index is 0.149. The van der Waals surface area contributed by atoms with Gasteiger partial charge in [0.15, 0.2) is 5.65 Å². The number of likely N-dealkylation sites (tertiary alicyclic amines) is 1. The molecule has 0 bridgehead atoms. The first-order valence-corrected chi connectivity index (χ1v) is 12.7. The number of amides is 1. The fourth-order valence-corrected chi connectivity index (χ4v) is 5.38. The largest absolute Gasteiger partial charge is 0.416 e. The van der Waals surface area contributed by atoms with Crippen LogP contribution in [-0.2, 0) is 25.7 Å². The van der Waals surface area contributed by atoms with Crippen LogP contribution in [0.5, 0.6) is 0 Å². The Morgan fingerprint density at radius 3 is 2.66 bits per heavy atom. The summed E-state index contributed by atoms with van der Waals surface area (Å²) < 4.78 is 42.9. The Morgan fingerprint density at radius 2 is 1.84 bits per heavy atom. The number of fused-ring (bicyclic) bond motifs is 2. The van der Waals surface area contributed by atoms with Crippen LogP contribution in [0.2, 0.25) is 0 Å². The normalized spacial score (nSPS) is 15.8. The van der Waals surface area contributed by atoms with Gasteiger partial charge < -0.3 is 10.2 Å². The molecule has 1 amide bonds. The van der Waals surface area contributed by atoms with Gasteiger partial charge >= 0.3 is 6.18 Å². The van der Waals surface area contributed by atoms with E-state index in [0.717, 1.165) is 67.6 Å². The standard InChI is InChI=1S/C28H27F3N6O/c29-28(30,31)22-11-19(17-35-7-1-2-8-35)12-23(14-22)34-27(38)21-4-3-20-5-9-36(25(20)13-21)18-24-15-33-26-16-32-6-10-37(24)26/h3-4,6,10-16H,1-2,5,7-9,17-18H2,(H,34,38). The van der Waals surface area contributed by atoms with Gasteiger partial charge in [-0.2, -0.15) is 13.2 Å². The summed E-state index contributed by atoms with van der Waals surface area (Å²) in [5.41, 5.74) is 4.17. The Balaban J connectivity index is 1.23. The predicted molar refractivity (Wildman–Crippen MR) is 138 cm³/mol. The molecule has 38 heavy (non-hydrogen) atoms. The Hall–Kier alpha value is -3.92. The van der Waals surface area contributed by atoms with E-state index in [1.165, 1.54) is 6.07 Å². The fourth-order valence-electron chi connectivity index (χ4n) is 5.38. The summed E-state index contributed by atoms with van der Waals surface area (Å²) in [6.07, 6.45) is 5.55. The molecule has 4 heterocycles. The summed E-state index contributed by atoms with van der Waals surface area (Å²) in [4.78, 5) is 26.0. The zero-order valence-corrected chi connectivity index (χ0v) is 20.7. The second-order valence-electron chi connectivity index (χ2n) is 9.92. The van der Waals surface area contributed by atoms with Crippen LogP contribution in [0.4, 0.5) is 24.5 Å². The van der Waals surface area contributed by atoms with Crippen LogP contribution in [0.3, 0.4) is 0 Å². The summed E-state index contributed by atoms with van der Waals surface area (Å²) in [7, 11) is 0. The van der Waals surface area contributed by atoms with E-state index in [4.69, 9.17) is 0 Å². The zero-order valence-electron chi connectivity index (χ0n) is 20.7. The number of halogens is 3. The van der Waals surface area contributed by atoms with Gasteiger partial charge in [-0.1, -0.05) is 6.07 Å². The van der Waals surface area contributed by atoms with Gasteiger partial charge in [0.2, 0.25) is 0 Å². The van der Waals surface area contributed by atoms with Crippen molar-refractivity contribution in [2.45, 2.75) is 38.5 Å². The van der Waals surface area contributed by atoms with Gasteiger partial charge in [0, 0.05) is 42.4 Å². The van der Waals surface area contributed by atoms with Crippen LogP contribution in [0.15, 0.2) is 61.2 Å². The number of hydrogen-bond donors (Lipinski definition) is 1. The van der Waals surface area contributed by atoms with E-state index < -0.39 is 17.6 Å². The second-order valence-corrected chi connectivity index (χ2v) is 9.92. The average Bonchev–Trinajstić information content (AvgIpc) is 3.64. The van der Waals surface area contributed by atoms with Crippen LogP contribution in [-0.4, -0.2) is 44.8 Å². The third kappa shape index (κ3) is 4.96. The van der Waals surface area contributed by atoms with Crippen LogP contribution in [0.25, 0.3) is 5.65 Å². The minimum Gasteiger partial charge on any atom is -0.365 e. The number of imidazole rings is 1. The first kappa shape index (κ1) is 24.4. The Bertz CT molecular complexity index is 1490. The summed E-state index contributed by atoms with van der Waals surface area (Å²) in [5, 5.41) is 2.71. The number of rotatable bonds is 6. The van der Waals surface area contributed by atoms with Crippen molar-refractivity contribution in [3.8, 4) is 0 Å². The van der Waals surface area contributed by atoms with Crippen LogP contribution in [0.1, 0.15) is 45.6 Å². The molecule has 4 aromatic rings. The van der Waals surface area contributed by atoms with E-state index in [1.807, 2.05) is 28.9 Å². The maximum atomic E-state index is 13.6. The molecule has 6 rings (SSSR count). The second kappa shape index (κ2) is 9.75. The van der Waals surface area contributed by atoms with Crippen LogP contribution < -0.4 is 10.2 Å². The SMILES string of the molecule is O=C(Nc1cc(CN2CCCC2)cc(C(F)(F)F)c1)c1ccc2c(c1)N(Cc1cnc3cnccn13)CC2. The lowest BCUT2D eigenvalue weighted by molar-refractivity contribution is -0.137. The topological polar surface area (TPSA) is 65.8 Å². The number of carbonyl (C=O) groups excluding carboxylic acids is 1. The molecule has 0 spiro atoms. The minimum atomic E-state index is -4.50. The van der Waals surface area contributed by atoms with Gasteiger partial charge in [-0.15, -0.1) is 0 Å². The molecule has 0 aliphatic carbocycles. The molecule has 0 atom stereocenters. The highest BCUT2D eigenvalue weighted by molar-refractivity contribution is 6.05. The number of nitrogens with zero attached hydrogens (tertiary/aromatic N) is 5.